The fourth-order valence-electron chi connectivity index (χ4n) is 0.343. The predicted molar refractivity (Wildman–Crippen MR) is 35.1 cm³/mol. The number of ether oxygens (including phenoxy) is 1. The molecule has 0 bridgehead atoms. The molecule has 0 spiro atoms. The molecule has 9 heavy (non-hydrogen) atoms. The number of nitrogens with two attached hydrogens (primary N) is 1. The highest BCUT2D eigenvalue weighted by Crippen LogP contribution is 1.86. The Labute approximate surface area is 55.2 Å². The van der Waals surface area contributed by atoms with Crippen LogP contribution >= 0.6 is 0 Å². The van der Waals surface area contributed by atoms with Crippen molar-refractivity contribution >= 4 is 6.29 Å². The van der Waals surface area contributed by atoms with E-state index in [1.807, 2.05) is 13.8 Å². The monoisotopic (exact) mass is 131 g/mol. The summed E-state index contributed by atoms with van der Waals surface area (Å²) in [6.07, 6.45) is 0.832. The zero-order valence-corrected chi connectivity index (χ0v) is 5.83. The lowest BCUT2D eigenvalue weighted by molar-refractivity contribution is -0.110. The molecule has 0 fully saturated rings. The van der Waals surface area contributed by atoms with Crippen LogP contribution in [0.5, 0.6) is 0 Å². The van der Waals surface area contributed by atoms with Gasteiger partial charge >= 0.3 is 0 Å². The van der Waals surface area contributed by atoms with Gasteiger partial charge in [0.1, 0.15) is 6.29 Å². The molecule has 54 valence electrons. The van der Waals surface area contributed by atoms with Gasteiger partial charge in [0.2, 0.25) is 0 Å². The number of aldehydes is 1. The van der Waals surface area contributed by atoms with E-state index < -0.39 is 6.04 Å². The fourth-order valence-corrected chi connectivity index (χ4v) is 0.343. The third-order valence-corrected chi connectivity index (χ3v) is 0.797. The summed E-state index contributed by atoms with van der Waals surface area (Å²) in [7, 11) is 0. The number of carbonyl (C=O) groups excluding carboxylic acids is 1. The Morgan fingerprint density at radius 1 is 1.67 bits per heavy atom. The molecule has 0 radical (unpaired) electrons. The third-order valence-electron chi connectivity index (χ3n) is 0.797. The molecule has 0 aromatic carbocycles. The van der Waals surface area contributed by atoms with Crippen molar-refractivity contribution in [2.24, 2.45) is 5.73 Å². The molecule has 0 aromatic heterocycles. The van der Waals surface area contributed by atoms with Crippen molar-refractivity contribution in [2.45, 2.75) is 26.0 Å². The fraction of sp³-hybridized carbons (Fsp3) is 0.833. The standard InChI is InChI=1S/C6H13NO2/c1-5(2)9-4-6(7)3-8/h3,5-6H,4,7H2,1-2H3. The number of rotatable bonds is 4. The van der Waals surface area contributed by atoms with E-state index in [-0.39, 0.29) is 6.10 Å². The maximum Gasteiger partial charge on any atom is 0.139 e. The zero-order chi connectivity index (χ0) is 7.28. The van der Waals surface area contributed by atoms with E-state index in [1.165, 1.54) is 0 Å². The highest BCUT2D eigenvalue weighted by Gasteiger charge is 1.99. The summed E-state index contributed by atoms with van der Waals surface area (Å²) in [5, 5.41) is 0. The molecule has 0 aliphatic carbocycles. The molecule has 0 saturated carbocycles. The normalized spacial score (nSPS) is 13.8. The largest absolute Gasteiger partial charge is 0.377 e. The van der Waals surface area contributed by atoms with E-state index in [0.717, 1.165) is 0 Å². The Kier molecular flexibility index (Phi) is 4.26. The van der Waals surface area contributed by atoms with E-state index in [2.05, 4.69) is 0 Å². The SMILES string of the molecule is CC(C)OCC(N)C=O. The molecule has 0 saturated heterocycles. The topological polar surface area (TPSA) is 52.3 Å². The second-order valence-corrected chi connectivity index (χ2v) is 2.18. The van der Waals surface area contributed by atoms with Crippen molar-refractivity contribution < 1.29 is 9.53 Å². The summed E-state index contributed by atoms with van der Waals surface area (Å²) in [5.41, 5.74) is 5.23. The minimum atomic E-state index is -0.465. The summed E-state index contributed by atoms with van der Waals surface area (Å²) in [4.78, 5) is 9.91. The highest BCUT2D eigenvalue weighted by molar-refractivity contribution is 5.57. The van der Waals surface area contributed by atoms with E-state index in [1.54, 1.807) is 0 Å². The molecular formula is C6H13NO2. The van der Waals surface area contributed by atoms with Gasteiger partial charge < -0.3 is 15.3 Å². The van der Waals surface area contributed by atoms with Crippen LogP contribution in [-0.4, -0.2) is 25.0 Å². The third kappa shape index (κ3) is 5.46. The second-order valence-electron chi connectivity index (χ2n) is 2.18. The van der Waals surface area contributed by atoms with Crippen molar-refractivity contribution in [3.63, 3.8) is 0 Å². The quantitative estimate of drug-likeness (QED) is 0.544. The van der Waals surface area contributed by atoms with Crippen LogP contribution in [0.25, 0.3) is 0 Å². The molecule has 3 nitrogen and oxygen atoms in total. The first kappa shape index (κ1) is 8.59. The first-order valence-electron chi connectivity index (χ1n) is 2.99. The Balaban J connectivity index is 3.16. The molecule has 3 heteroatoms. The first-order chi connectivity index (χ1) is 4.16. The number of hydrogen-bond donors (Lipinski definition) is 1. The molecule has 2 N–H and O–H groups in total. The smallest absolute Gasteiger partial charge is 0.139 e. The molecule has 0 rings (SSSR count). The van der Waals surface area contributed by atoms with Gasteiger partial charge in [-0.2, -0.15) is 0 Å². The summed E-state index contributed by atoms with van der Waals surface area (Å²) < 4.78 is 5.04. The number of carbonyl (C=O) groups is 1. The molecule has 0 amide bonds. The Morgan fingerprint density at radius 2 is 2.22 bits per heavy atom. The zero-order valence-electron chi connectivity index (χ0n) is 5.83. The minimum absolute atomic E-state index is 0.149. The minimum Gasteiger partial charge on any atom is -0.377 e. The highest BCUT2D eigenvalue weighted by atomic mass is 16.5. The van der Waals surface area contributed by atoms with Gasteiger partial charge in [-0.15, -0.1) is 0 Å². The maximum atomic E-state index is 9.91. The molecule has 0 aromatic rings. The van der Waals surface area contributed by atoms with Crippen molar-refractivity contribution in [3.05, 3.63) is 0 Å². The molecular weight excluding hydrogens is 118 g/mol. The van der Waals surface area contributed by atoms with Gasteiger partial charge in [0.15, 0.2) is 0 Å². The Morgan fingerprint density at radius 3 is 2.56 bits per heavy atom. The lowest BCUT2D eigenvalue weighted by Gasteiger charge is -2.07. The predicted octanol–water partition coefficient (Wildman–Crippen LogP) is -0.0624. The maximum absolute atomic E-state index is 9.91. The average Bonchev–Trinajstić information content (AvgIpc) is 1.83. The van der Waals surface area contributed by atoms with E-state index >= 15 is 0 Å². The lowest BCUT2D eigenvalue weighted by atomic mass is 10.4. The first-order valence-corrected chi connectivity index (χ1v) is 2.99. The lowest BCUT2D eigenvalue weighted by Crippen LogP contribution is -2.28. The Bertz CT molecular complexity index is 83.1. The van der Waals surface area contributed by atoms with Gasteiger partial charge in [-0.25, -0.2) is 0 Å². The van der Waals surface area contributed by atoms with Gasteiger partial charge in [-0.05, 0) is 13.8 Å². The second kappa shape index (κ2) is 4.47. The van der Waals surface area contributed by atoms with Crippen LogP contribution in [0.15, 0.2) is 0 Å². The van der Waals surface area contributed by atoms with Crippen LogP contribution < -0.4 is 5.73 Å². The van der Waals surface area contributed by atoms with E-state index in [4.69, 9.17) is 10.5 Å². The van der Waals surface area contributed by atoms with Crippen LogP contribution in [-0.2, 0) is 9.53 Å². The molecule has 0 aliphatic rings. The van der Waals surface area contributed by atoms with Gasteiger partial charge in [0.05, 0.1) is 18.8 Å². The van der Waals surface area contributed by atoms with Gasteiger partial charge in [0.25, 0.3) is 0 Å². The van der Waals surface area contributed by atoms with Gasteiger partial charge in [0, 0.05) is 0 Å². The summed E-state index contributed by atoms with van der Waals surface area (Å²) in [5.74, 6) is 0. The van der Waals surface area contributed by atoms with Crippen molar-refractivity contribution in [3.8, 4) is 0 Å². The van der Waals surface area contributed by atoms with Crippen LogP contribution in [0.2, 0.25) is 0 Å². The van der Waals surface area contributed by atoms with Crippen molar-refractivity contribution in [1.82, 2.24) is 0 Å². The van der Waals surface area contributed by atoms with Gasteiger partial charge in [-0.3, -0.25) is 0 Å². The number of hydrogen-bond acceptors (Lipinski definition) is 3. The van der Waals surface area contributed by atoms with Crippen LogP contribution in [0.1, 0.15) is 13.8 Å². The van der Waals surface area contributed by atoms with Crippen LogP contribution in [0, 0.1) is 0 Å². The summed E-state index contributed by atoms with van der Waals surface area (Å²) >= 11 is 0. The summed E-state index contributed by atoms with van der Waals surface area (Å²) in [6, 6.07) is -0.465. The Hall–Kier alpha value is -0.410. The van der Waals surface area contributed by atoms with Crippen LogP contribution in [0.3, 0.4) is 0 Å². The van der Waals surface area contributed by atoms with E-state index in [0.29, 0.717) is 12.9 Å². The van der Waals surface area contributed by atoms with Crippen LogP contribution in [0.4, 0.5) is 0 Å². The molecule has 0 aliphatic heterocycles. The van der Waals surface area contributed by atoms with Crippen molar-refractivity contribution in [2.75, 3.05) is 6.61 Å². The average molecular weight is 131 g/mol. The van der Waals surface area contributed by atoms with E-state index in [9.17, 15) is 4.79 Å². The summed E-state index contributed by atoms with van der Waals surface area (Å²) in [6.45, 7) is 4.12. The molecule has 1 unspecified atom stereocenters. The van der Waals surface area contributed by atoms with Crippen molar-refractivity contribution in [1.29, 1.82) is 0 Å². The molecule has 0 heterocycles. The van der Waals surface area contributed by atoms with Gasteiger partial charge in [-0.1, -0.05) is 0 Å². The molecule has 1 atom stereocenters.